The molecule has 2 heteroatoms. The van der Waals surface area contributed by atoms with Gasteiger partial charge in [-0.2, -0.15) is 0 Å². The lowest BCUT2D eigenvalue weighted by atomic mass is 10.1. The largest absolute Gasteiger partial charge is 0.388 e. The summed E-state index contributed by atoms with van der Waals surface area (Å²) in [4.78, 5) is 0. The number of hydrogen-bond acceptors (Lipinski definition) is 2. The fourth-order valence-corrected chi connectivity index (χ4v) is 1.02. The maximum Gasteiger partial charge on any atom is 0.0295 e. The highest BCUT2D eigenvalue weighted by Gasteiger charge is 2.03. The van der Waals surface area contributed by atoms with E-state index in [0.717, 1.165) is 6.42 Å². The van der Waals surface area contributed by atoms with E-state index in [1.54, 1.807) is 0 Å². The topological polar surface area (TPSA) is 24.1 Å². The van der Waals surface area contributed by atoms with Gasteiger partial charge in [-0.25, -0.2) is 0 Å². The Hall–Kier alpha value is -0.760. The van der Waals surface area contributed by atoms with Crippen LogP contribution in [-0.2, 0) is 0 Å². The van der Waals surface area contributed by atoms with Crippen LogP contribution in [0.2, 0.25) is 0 Å². The molecule has 0 spiro atoms. The first kappa shape index (κ1) is 7.35. The Bertz CT molecular complexity index is 159. The Labute approximate surface area is 62.0 Å². The second-order valence-corrected chi connectivity index (χ2v) is 2.40. The minimum atomic E-state index is 0.525. The van der Waals surface area contributed by atoms with Crippen LogP contribution in [0.25, 0.3) is 0 Å². The van der Waals surface area contributed by atoms with Gasteiger partial charge in [0.15, 0.2) is 0 Å². The van der Waals surface area contributed by atoms with Gasteiger partial charge in [-0.1, -0.05) is 12.2 Å². The van der Waals surface area contributed by atoms with E-state index in [-0.39, 0.29) is 0 Å². The molecule has 1 aliphatic rings. The van der Waals surface area contributed by atoms with Crippen molar-refractivity contribution in [1.29, 1.82) is 0 Å². The van der Waals surface area contributed by atoms with E-state index in [1.165, 1.54) is 5.70 Å². The molecular weight excluding hydrogens is 124 g/mol. The van der Waals surface area contributed by atoms with Crippen molar-refractivity contribution in [3.8, 4) is 0 Å². The van der Waals surface area contributed by atoms with E-state index in [2.05, 4.69) is 28.9 Å². The van der Waals surface area contributed by atoms with E-state index in [1.807, 2.05) is 14.1 Å². The molecule has 1 unspecified atom stereocenters. The molecule has 56 valence electrons. The van der Waals surface area contributed by atoms with Gasteiger partial charge in [0.25, 0.3) is 0 Å². The number of rotatable bonds is 2. The van der Waals surface area contributed by atoms with Crippen molar-refractivity contribution in [1.82, 2.24) is 10.6 Å². The minimum Gasteiger partial charge on any atom is -0.388 e. The van der Waals surface area contributed by atoms with Crippen LogP contribution in [0, 0.1) is 0 Å². The van der Waals surface area contributed by atoms with Crippen molar-refractivity contribution in [2.75, 3.05) is 14.1 Å². The molecule has 1 aliphatic carbocycles. The maximum absolute atomic E-state index is 3.19. The Morgan fingerprint density at radius 3 is 2.70 bits per heavy atom. The zero-order valence-electron chi connectivity index (χ0n) is 6.52. The average molecular weight is 138 g/mol. The van der Waals surface area contributed by atoms with Crippen LogP contribution in [0.5, 0.6) is 0 Å². The van der Waals surface area contributed by atoms with E-state index in [9.17, 15) is 0 Å². The number of allylic oxidation sites excluding steroid dienone is 1. The van der Waals surface area contributed by atoms with Crippen LogP contribution in [0.4, 0.5) is 0 Å². The van der Waals surface area contributed by atoms with Crippen molar-refractivity contribution in [2.45, 2.75) is 12.5 Å². The summed E-state index contributed by atoms with van der Waals surface area (Å²) in [5.74, 6) is 0. The lowest BCUT2D eigenvalue weighted by Gasteiger charge is -2.14. The second kappa shape index (κ2) is 3.42. The third kappa shape index (κ3) is 1.61. The van der Waals surface area contributed by atoms with Gasteiger partial charge >= 0.3 is 0 Å². The van der Waals surface area contributed by atoms with Crippen molar-refractivity contribution in [2.24, 2.45) is 0 Å². The highest BCUT2D eigenvalue weighted by atomic mass is 14.9. The van der Waals surface area contributed by atoms with Gasteiger partial charge in [0.2, 0.25) is 0 Å². The molecule has 2 nitrogen and oxygen atoms in total. The molecule has 0 amide bonds. The van der Waals surface area contributed by atoms with Crippen LogP contribution in [0.1, 0.15) is 6.42 Å². The number of likely N-dealkylation sites (N-methyl/N-ethyl adjacent to an activating group) is 2. The summed E-state index contributed by atoms with van der Waals surface area (Å²) in [6.45, 7) is 0. The summed E-state index contributed by atoms with van der Waals surface area (Å²) >= 11 is 0. The lowest BCUT2D eigenvalue weighted by Crippen LogP contribution is -2.24. The Kier molecular flexibility index (Phi) is 2.51. The summed E-state index contributed by atoms with van der Waals surface area (Å²) in [6, 6.07) is 0.525. The molecule has 0 bridgehead atoms. The third-order valence-electron chi connectivity index (χ3n) is 1.76. The van der Waals surface area contributed by atoms with Crippen LogP contribution in [0.3, 0.4) is 0 Å². The summed E-state index contributed by atoms with van der Waals surface area (Å²) in [6.07, 6.45) is 7.56. The molecule has 10 heavy (non-hydrogen) atoms. The van der Waals surface area contributed by atoms with Gasteiger partial charge in [-0.3, -0.25) is 0 Å². The molecule has 2 N–H and O–H groups in total. The second-order valence-electron chi connectivity index (χ2n) is 2.40. The number of hydrogen-bond donors (Lipinski definition) is 2. The molecule has 0 fully saturated rings. The highest BCUT2D eigenvalue weighted by molar-refractivity contribution is 5.23. The van der Waals surface area contributed by atoms with Crippen LogP contribution in [-0.4, -0.2) is 20.1 Å². The number of nitrogens with one attached hydrogen (secondary N) is 2. The summed E-state index contributed by atoms with van der Waals surface area (Å²) < 4.78 is 0. The van der Waals surface area contributed by atoms with Gasteiger partial charge in [0.1, 0.15) is 0 Å². The average Bonchev–Trinajstić information content (AvgIpc) is 2.05. The molecule has 1 atom stereocenters. The normalized spacial score (nSPS) is 24.2. The van der Waals surface area contributed by atoms with E-state index < -0.39 is 0 Å². The van der Waals surface area contributed by atoms with Crippen molar-refractivity contribution >= 4 is 0 Å². The Balaban J connectivity index is 2.46. The Morgan fingerprint density at radius 1 is 1.50 bits per heavy atom. The standard InChI is InChI=1S/C8H14N2/c1-9-7-3-5-8(10-2)6-4-7/h3-5,8-10H,6H2,1-2H3. The summed E-state index contributed by atoms with van der Waals surface area (Å²) in [5, 5.41) is 6.28. The summed E-state index contributed by atoms with van der Waals surface area (Å²) in [5.41, 5.74) is 1.21. The maximum atomic E-state index is 3.19. The van der Waals surface area contributed by atoms with Crippen molar-refractivity contribution < 1.29 is 0 Å². The molecule has 0 aromatic rings. The zero-order valence-corrected chi connectivity index (χ0v) is 6.52. The molecule has 0 aromatic carbocycles. The fourth-order valence-electron chi connectivity index (χ4n) is 1.02. The van der Waals surface area contributed by atoms with Gasteiger partial charge in [-0.05, 0) is 19.5 Å². The third-order valence-corrected chi connectivity index (χ3v) is 1.76. The predicted octanol–water partition coefficient (Wildman–Crippen LogP) is 0.638. The van der Waals surface area contributed by atoms with E-state index in [4.69, 9.17) is 0 Å². The zero-order chi connectivity index (χ0) is 7.40. The van der Waals surface area contributed by atoms with Crippen molar-refractivity contribution in [3.63, 3.8) is 0 Å². The molecule has 0 saturated carbocycles. The van der Waals surface area contributed by atoms with Crippen LogP contribution >= 0.6 is 0 Å². The minimum absolute atomic E-state index is 0.525. The molecule has 0 aliphatic heterocycles. The molecule has 0 heterocycles. The molecule has 1 rings (SSSR count). The first-order chi connectivity index (χ1) is 4.86. The molecule has 0 radical (unpaired) electrons. The molecular formula is C8H14N2. The first-order valence-electron chi connectivity index (χ1n) is 3.60. The van der Waals surface area contributed by atoms with Gasteiger partial charge in [0, 0.05) is 18.8 Å². The SMILES string of the molecule is CNC1=CCC(NC)C=C1. The Morgan fingerprint density at radius 2 is 2.30 bits per heavy atom. The highest BCUT2D eigenvalue weighted by Crippen LogP contribution is 2.06. The van der Waals surface area contributed by atoms with Crippen LogP contribution < -0.4 is 10.6 Å². The predicted molar refractivity (Wildman–Crippen MR) is 43.7 cm³/mol. The quantitative estimate of drug-likeness (QED) is 0.585. The smallest absolute Gasteiger partial charge is 0.0295 e. The van der Waals surface area contributed by atoms with Gasteiger partial charge in [-0.15, -0.1) is 0 Å². The first-order valence-corrected chi connectivity index (χ1v) is 3.60. The van der Waals surface area contributed by atoms with Crippen molar-refractivity contribution in [3.05, 3.63) is 23.9 Å². The molecule has 0 aromatic heterocycles. The molecule has 0 saturated heterocycles. The fraction of sp³-hybridized carbons (Fsp3) is 0.500. The monoisotopic (exact) mass is 138 g/mol. The van der Waals surface area contributed by atoms with Gasteiger partial charge in [0.05, 0.1) is 0 Å². The lowest BCUT2D eigenvalue weighted by molar-refractivity contribution is 0.664. The van der Waals surface area contributed by atoms with Gasteiger partial charge < -0.3 is 10.6 Å². The van der Waals surface area contributed by atoms with E-state index in [0.29, 0.717) is 6.04 Å². The van der Waals surface area contributed by atoms with Crippen LogP contribution in [0.15, 0.2) is 23.9 Å². The van der Waals surface area contributed by atoms with E-state index >= 15 is 0 Å². The summed E-state index contributed by atoms with van der Waals surface area (Å²) in [7, 11) is 3.92.